The van der Waals surface area contributed by atoms with Crippen molar-refractivity contribution in [1.29, 1.82) is 0 Å². The highest BCUT2D eigenvalue weighted by Crippen LogP contribution is 2.21. The van der Waals surface area contributed by atoms with Gasteiger partial charge in [-0.25, -0.2) is 22.5 Å². The Morgan fingerprint density at radius 2 is 1.66 bits per heavy atom. The van der Waals surface area contributed by atoms with Crippen LogP contribution < -0.4 is 0 Å². The van der Waals surface area contributed by atoms with Crippen molar-refractivity contribution < 1.29 is 17.6 Å². The van der Waals surface area contributed by atoms with Gasteiger partial charge in [0.1, 0.15) is 23.4 Å². The number of aromatic nitrogens is 3. The molecule has 1 amide bonds. The first kappa shape index (κ1) is 19.2. The Kier molecular flexibility index (Phi) is 5.12. The van der Waals surface area contributed by atoms with Gasteiger partial charge in [0.2, 0.25) is 10.0 Å². The Bertz CT molecular complexity index is 1110. The fourth-order valence-electron chi connectivity index (χ4n) is 3.21. The van der Waals surface area contributed by atoms with Crippen LogP contribution in [-0.2, 0) is 10.0 Å². The van der Waals surface area contributed by atoms with Gasteiger partial charge in [-0.3, -0.25) is 4.79 Å². The quantitative estimate of drug-likeness (QED) is 0.645. The standard InChI is InChI=1S/C19H18FN5O3S/c20-17-3-1-2-4-18(17)29(27,28)24-11-9-23(10-12-24)19(26)15-5-7-16(8-6-15)25-14-21-13-22-25/h1-8,13-14H,9-12H2. The number of halogens is 1. The van der Waals surface area contributed by atoms with E-state index in [0.29, 0.717) is 5.56 Å². The molecule has 0 bridgehead atoms. The molecule has 1 aliphatic rings. The van der Waals surface area contributed by atoms with E-state index in [1.54, 1.807) is 40.2 Å². The second kappa shape index (κ2) is 7.72. The van der Waals surface area contributed by atoms with Crippen molar-refractivity contribution in [3.63, 3.8) is 0 Å². The lowest BCUT2D eigenvalue weighted by atomic mass is 10.1. The number of nitrogens with zero attached hydrogens (tertiary/aromatic N) is 5. The van der Waals surface area contributed by atoms with Gasteiger partial charge in [-0.2, -0.15) is 9.40 Å². The molecule has 1 saturated heterocycles. The van der Waals surface area contributed by atoms with Crippen LogP contribution in [0.5, 0.6) is 0 Å². The molecule has 0 saturated carbocycles. The lowest BCUT2D eigenvalue weighted by Crippen LogP contribution is -2.50. The summed E-state index contributed by atoms with van der Waals surface area (Å²) in [5, 5.41) is 4.03. The summed E-state index contributed by atoms with van der Waals surface area (Å²) in [6, 6.07) is 12.2. The summed E-state index contributed by atoms with van der Waals surface area (Å²) in [6.45, 7) is 0.688. The molecule has 1 fully saturated rings. The molecule has 8 nitrogen and oxygen atoms in total. The number of hydrogen-bond acceptors (Lipinski definition) is 5. The molecule has 2 aromatic carbocycles. The molecule has 0 atom stereocenters. The molecular weight excluding hydrogens is 397 g/mol. The van der Waals surface area contributed by atoms with E-state index in [-0.39, 0.29) is 37.0 Å². The molecule has 0 radical (unpaired) electrons. The van der Waals surface area contributed by atoms with Crippen molar-refractivity contribution in [2.75, 3.05) is 26.2 Å². The van der Waals surface area contributed by atoms with Crippen molar-refractivity contribution in [3.8, 4) is 5.69 Å². The molecule has 2 heterocycles. The van der Waals surface area contributed by atoms with Crippen molar-refractivity contribution in [2.45, 2.75) is 4.90 Å². The third kappa shape index (κ3) is 3.76. The molecule has 0 spiro atoms. The van der Waals surface area contributed by atoms with Crippen LogP contribution in [-0.4, -0.2) is 64.5 Å². The Morgan fingerprint density at radius 1 is 0.966 bits per heavy atom. The van der Waals surface area contributed by atoms with Crippen LogP contribution in [0.25, 0.3) is 5.69 Å². The summed E-state index contributed by atoms with van der Waals surface area (Å²) in [6.07, 6.45) is 2.99. The number of carbonyl (C=O) groups excluding carboxylic acids is 1. The molecule has 0 N–H and O–H groups in total. The molecular formula is C19H18FN5O3S. The fraction of sp³-hybridized carbons (Fsp3) is 0.211. The third-order valence-electron chi connectivity index (χ3n) is 4.78. The maximum Gasteiger partial charge on any atom is 0.253 e. The number of benzene rings is 2. The van der Waals surface area contributed by atoms with Crippen LogP contribution in [0.15, 0.2) is 66.1 Å². The van der Waals surface area contributed by atoms with Gasteiger partial charge in [0.05, 0.1) is 5.69 Å². The van der Waals surface area contributed by atoms with Gasteiger partial charge < -0.3 is 4.90 Å². The SMILES string of the molecule is O=C(c1ccc(-n2cncn2)cc1)N1CCN(S(=O)(=O)c2ccccc2F)CC1. The Labute approximate surface area is 167 Å². The van der Waals surface area contributed by atoms with E-state index < -0.39 is 15.8 Å². The first-order valence-corrected chi connectivity index (χ1v) is 10.4. The average molecular weight is 415 g/mol. The predicted molar refractivity (Wildman–Crippen MR) is 102 cm³/mol. The largest absolute Gasteiger partial charge is 0.336 e. The zero-order valence-electron chi connectivity index (χ0n) is 15.3. The van der Waals surface area contributed by atoms with E-state index in [1.807, 2.05) is 0 Å². The zero-order valence-corrected chi connectivity index (χ0v) is 16.2. The lowest BCUT2D eigenvalue weighted by Gasteiger charge is -2.34. The maximum atomic E-state index is 13.9. The molecule has 0 aliphatic carbocycles. The Hall–Kier alpha value is -3.11. The van der Waals surface area contributed by atoms with Crippen LogP contribution >= 0.6 is 0 Å². The van der Waals surface area contributed by atoms with E-state index in [9.17, 15) is 17.6 Å². The first-order chi connectivity index (χ1) is 14.0. The first-order valence-electron chi connectivity index (χ1n) is 8.96. The summed E-state index contributed by atoms with van der Waals surface area (Å²) < 4.78 is 42.1. The van der Waals surface area contributed by atoms with Crippen LogP contribution in [0.3, 0.4) is 0 Å². The number of amides is 1. The minimum absolute atomic E-state index is 0.111. The number of rotatable bonds is 4. The van der Waals surface area contributed by atoms with Gasteiger partial charge in [-0.05, 0) is 36.4 Å². The summed E-state index contributed by atoms with van der Waals surface area (Å²) in [5.41, 5.74) is 1.28. The number of piperazine rings is 1. The minimum Gasteiger partial charge on any atom is -0.336 e. The van der Waals surface area contributed by atoms with E-state index >= 15 is 0 Å². The van der Waals surface area contributed by atoms with Gasteiger partial charge in [0.25, 0.3) is 5.91 Å². The monoisotopic (exact) mass is 415 g/mol. The molecule has 1 aliphatic heterocycles. The van der Waals surface area contributed by atoms with Crippen LogP contribution in [0.4, 0.5) is 4.39 Å². The third-order valence-corrected chi connectivity index (χ3v) is 6.71. The van der Waals surface area contributed by atoms with Crippen molar-refractivity contribution in [1.82, 2.24) is 24.0 Å². The molecule has 1 aromatic heterocycles. The van der Waals surface area contributed by atoms with Crippen LogP contribution in [0.2, 0.25) is 0 Å². The van der Waals surface area contributed by atoms with Crippen molar-refractivity contribution in [3.05, 3.63) is 72.6 Å². The van der Waals surface area contributed by atoms with Gasteiger partial charge >= 0.3 is 0 Å². The number of carbonyl (C=O) groups is 1. The van der Waals surface area contributed by atoms with Crippen molar-refractivity contribution in [2.24, 2.45) is 0 Å². The summed E-state index contributed by atoms with van der Waals surface area (Å²) >= 11 is 0. The number of sulfonamides is 1. The Balaban J connectivity index is 1.43. The lowest BCUT2D eigenvalue weighted by molar-refractivity contribution is 0.0697. The summed E-state index contributed by atoms with van der Waals surface area (Å²) in [5.74, 6) is -0.962. The topological polar surface area (TPSA) is 88.4 Å². The van der Waals surface area contributed by atoms with E-state index in [4.69, 9.17) is 0 Å². The second-order valence-corrected chi connectivity index (χ2v) is 8.42. The predicted octanol–water partition coefficient (Wildman–Crippen LogP) is 1.55. The Morgan fingerprint density at radius 3 is 2.28 bits per heavy atom. The van der Waals surface area contributed by atoms with Crippen LogP contribution in [0.1, 0.15) is 10.4 Å². The van der Waals surface area contributed by atoms with Gasteiger partial charge in [0.15, 0.2) is 0 Å². The highest BCUT2D eigenvalue weighted by molar-refractivity contribution is 7.89. The summed E-state index contributed by atoms with van der Waals surface area (Å²) in [7, 11) is -3.93. The highest BCUT2D eigenvalue weighted by atomic mass is 32.2. The van der Waals surface area contributed by atoms with Crippen molar-refractivity contribution >= 4 is 15.9 Å². The van der Waals surface area contributed by atoms with Gasteiger partial charge in [0, 0.05) is 31.7 Å². The number of hydrogen-bond donors (Lipinski definition) is 0. The molecule has 10 heteroatoms. The average Bonchev–Trinajstić information content (AvgIpc) is 3.28. The molecule has 3 aromatic rings. The maximum absolute atomic E-state index is 13.9. The molecule has 4 rings (SSSR count). The van der Waals surface area contributed by atoms with Crippen LogP contribution in [0, 0.1) is 5.82 Å². The van der Waals surface area contributed by atoms with Gasteiger partial charge in [-0.1, -0.05) is 12.1 Å². The molecule has 29 heavy (non-hydrogen) atoms. The van der Waals surface area contributed by atoms with E-state index in [2.05, 4.69) is 10.1 Å². The minimum atomic E-state index is -3.93. The summed E-state index contributed by atoms with van der Waals surface area (Å²) in [4.78, 5) is 17.9. The van der Waals surface area contributed by atoms with E-state index in [1.165, 1.54) is 28.8 Å². The smallest absolute Gasteiger partial charge is 0.253 e. The zero-order chi connectivity index (χ0) is 20.4. The fourth-order valence-corrected chi connectivity index (χ4v) is 4.69. The molecule has 0 unspecified atom stereocenters. The highest BCUT2D eigenvalue weighted by Gasteiger charge is 2.32. The van der Waals surface area contributed by atoms with E-state index in [0.717, 1.165) is 11.8 Å². The second-order valence-electron chi connectivity index (χ2n) is 6.51. The normalized spacial score (nSPS) is 15.4. The van der Waals surface area contributed by atoms with Gasteiger partial charge in [-0.15, -0.1) is 0 Å². The molecule has 150 valence electrons.